The van der Waals surface area contributed by atoms with E-state index in [9.17, 15) is 13.2 Å². The number of anilines is 1. The number of ether oxygens (including phenoxy) is 1. The van der Waals surface area contributed by atoms with Crippen LogP contribution >= 0.6 is 11.6 Å². The molecule has 0 fully saturated rings. The molecule has 1 amide bonds. The summed E-state index contributed by atoms with van der Waals surface area (Å²) in [4.78, 5) is 17.2. The number of nitrogens with one attached hydrogen (secondary N) is 2. The third kappa shape index (κ3) is 6.69. The lowest BCUT2D eigenvalue weighted by atomic mass is 10.0. The lowest BCUT2D eigenvalue weighted by Gasteiger charge is -2.29. The van der Waals surface area contributed by atoms with E-state index in [2.05, 4.69) is 20.1 Å². The fraction of sp³-hybridized carbons (Fsp3) is 0.160. The van der Waals surface area contributed by atoms with E-state index in [4.69, 9.17) is 16.3 Å². The van der Waals surface area contributed by atoms with Gasteiger partial charge in [-0.25, -0.2) is 18.1 Å². The van der Waals surface area contributed by atoms with Crippen LogP contribution in [-0.4, -0.2) is 41.2 Å². The minimum absolute atomic E-state index is 0.261. The van der Waals surface area contributed by atoms with Gasteiger partial charge in [-0.05, 0) is 61.0 Å². The summed E-state index contributed by atoms with van der Waals surface area (Å²) in [6.07, 6.45) is 2.99. The molecule has 0 spiro atoms. The van der Waals surface area contributed by atoms with Gasteiger partial charge in [0, 0.05) is 10.7 Å². The number of carbonyl (C=O) groups is 1. The normalized spacial score (nSPS) is 13.1. The van der Waals surface area contributed by atoms with Crippen molar-refractivity contribution >= 4 is 33.2 Å². The van der Waals surface area contributed by atoms with Crippen LogP contribution in [0.1, 0.15) is 12.5 Å². The number of carbonyl (C=O) groups excluding carboxylic acids is 1. The molecule has 0 aliphatic heterocycles. The first kappa shape index (κ1) is 25.4. The number of halogens is 1. The van der Waals surface area contributed by atoms with Crippen molar-refractivity contribution in [1.82, 2.24) is 19.5 Å². The van der Waals surface area contributed by atoms with Crippen LogP contribution in [0.2, 0.25) is 5.02 Å². The van der Waals surface area contributed by atoms with Crippen molar-refractivity contribution in [2.24, 2.45) is 0 Å². The minimum Gasteiger partial charge on any atom is -0.491 e. The van der Waals surface area contributed by atoms with E-state index in [0.29, 0.717) is 22.0 Å². The molecule has 0 bridgehead atoms. The van der Waals surface area contributed by atoms with E-state index in [1.165, 1.54) is 13.3 Å². The van der Waals surface area contributed by atoms with E-state index in [1.807, 2.05) is 0 Å². The predicted octanol–water partition coefficient (Wildman–Crippen LogP) is 3.82. The fourth-order valence-electron chi connectivity index (χ4n) is 3.38. The summed E-state index contributed by atoms with van der Waals surface area (Å²) >= 11 is 5.93. The van der Waals surface area contributed by atoms with Crippen molar-refractivity contribution < 1.29 is 17.9 Å². The molecule has 11 heteroatoms. The summed E-state index contributed by atoms with van der Waals surface area (Å²) in [6.45, 7) is 1.22. The van der Waals surface area contributed by atoms with Crippen molar-refractivity contribution in [3.8, 4) is 11.4 Å². The van der Waals surface area contributed by atoms with Gasteiger partial charge in [-0.2, -0.15) is 9.82 Å². The number of nitrogens with zero attached hydrogens (tertiary/aromatic N) is 3. The van der Waals surface area contributed by atoms with E-state index in [1.54, 1.807) is 89.9 Å². The second-order valence-electron chi connectivity index (χ2n) is 8.26. The highest BCUT2D eigenvalue weighted by atomic mass is 35.5. The molecule has 0 aliphatic rings. The highest BCUT2D eigenvalue weighted by Crippen LogP contribution is 2.20. The van der Waals surface area contributed by atoms with Crippen LogP contribution < -0.4 is 14.8 Å². The standard InChI is InChI=1S/C25H24ClN5O4S/c1-25(24(32)29-21-9-7-20(26)8-10-21,30-36(33,34)15-19-5-3-2-4-6-19)16-35-23-13-11-22(12-14-23)31-18-27-17-28-31/h2-14,17-18,30H,15-16H2,1H3,(H,29,32). The second kappa shape index (κ2) is 10.9. The Kier molecular flexibility index (Phi) is 7.68. The molecule has 4 rings (SSSR count). The third-order valence-corrected chi connectivity index (χ3v) is 6.96. The van der Waals surface area contributed by atoms with Crippen LogP contribution in [0.5, 0.6) is 5.75 Å². The van der Waals surface area contributed by atoms with Crippen LogP contribution in [0.3, 0.4) is 0 Å². The number of rotatable bonds is 10. The van der Waals surface area contributed by atoms with Crippen molar-refractivity contribution in [1.29, 1.82) is 0 Å². The lowest BCUT2D eigenvalue weighted by Crippen LogP contribution is -2.58. The Labute approximate surface area is 214 Å². The summed E-state index contributed by atoms with van der Waals surface area (Å²) < 4.78 is 36.0. The Hall–Kier alpha value is -3.73. The van der Waals surface area contributed by atoms with Crippen LogP contribution in [-0.2, 0) is 20.6 Å². The Balaban J connectivity index is 1.53. The lowest BCUT2D eigenvalue weighted by molar-refractivity contribution is -0.122. The highest BCUT2D eigenvalue weighted by molar-refractivity contribution is 7.88. The number of hydrogen-bond donors (Lipinski definition) is 2. The Morgan fingerprint density at radius 1 is 1.03 bits per heavy atom. The van der Waals surface area contributed by atoms with E-state index in [-0.39, 0.29) is 12.4 Å². The molecule has 3 aromatic carbocycles. The molecule has 36 heavy (non-hydrogen) atoms. The van der Waals surface area contributed by atoms with Gasteiger partial charge >= 0.3 is 0 Å². The maximum atomic E-state index is 13.3. The summed E-state index contributed by atoms with van der Waals surface area (Å²) in [5, 5.41) is 7.32. The van der Waals surface area contributed by atoms with Gasteiger partial charge in [-0.3, -0.25) is 4.79 Å². The smallest absolute Gasteiger partial charge is 0.248 e. The van der Waals surface area contributed by atoms with Gasteiger partial charge in [-0.1, -0.05) is 41.9 Å². The molecular weight excluding hydrogens is 502 g/mol. The summed E-state index contributed by atoms with van der Waals surface area (Å²) in [5.41, 5.74) is 0.203. The van der Waals surface area contributed by atoms with Crippen molar-refractivity contribution in [3.05, 3.63) is 102 Å². The van der Waals surface area contributed by atoms with Gasteiger partial charge in [0.05, 0.1) is 11.4 Å². The molecule has 0 aliphatic carbocycles. The fourth-order valence-corrected chi connectivity index (χ4v) is 5.05. The zero-order valence-electron chi connectivity index (χ0n) is 19.3. The summed E-state index contributed by atoms with van der Waals surface area (Å²) in [5.74, 6) is -0.420. The van der Waals surface area contributed by atoms with Gasteiger partial charge in [0.25, 0.3) is 0 Å². The number of benzene rings is 3. The van der Waals surface area contributed by atoms with Crippen molar-refractivity contribution in [2.75, 3.05) is 11.9 Å². The minimum atomic E-state index is -3.91. The topological polar surface area (TPSA) is 115 Å². The SMILES string of the molecule is CC(COc1ccc(-n2cncn2)cc1)(NS(=O)(=O)Cc1ccccc1)C(=O)Nc1ccc(Cl)cc1. The Bertz CT molecular complexity index is 1400. The zero-order valence-corrected chi connectivity index (χ0v) is 20.9. The highest BCUT2D eigenvalue weighted by Gasteiger charge is 2.38. The molecule has 0 radical (unpaired) electrons. The van der Waals surface area contributed by atoms with Crippen molar-refractivity contribution in [3.63, 3.8) is 0 Å². The zero-order chi connectivity index (χ0) is 25.6. The van der Waals surface area contributed by atoms with Gasteiger partial charge < -0.3 is 10.1 Å². The molecule has 0 saturated heterocycles. The molecule has 4 aromatic rings. The Morgan fingerprint density at radius 2 is 1.72 bits per heavy atom. The van der Waals surface area contributed by atoms with Gasteiger partial charge in [0.2, 0.25) is 15.9 Å². The van der Waals surface area contributed by atoms with Gasteiger partial charge in [0.15, 0.2) is 0 Å². The molecule has 1 heterocycles. The predicted molar refractivity (Wildman–Crippen MR) is 138 cm³/mol. The van der Waals surface area contributed by atoms with E-state index < -0.39 is 21.5 Å². The quantitative estimate of drug-likeness (QED) is 0.325. The molecule has 1 atom stereocenters. The van der Waals surface area contributed by atoms with Crippen molar-refractivity contribution in [2.45, 2.75) is 18.2 Å². The molecule has 9 nitrogen and oxygen atoms in total. The summed E-state index contributed by atoms with van der Waals surface area (Å²) in [6, 6.07) is 22.2. The molecule has 1 aromatic heterocycles. The first-order chi connectivity index (χ1) is 17.2. The number of hydrogen-bond acceptors (Lipinski definition) is 6. The van der Waals surface area contributed by atoms with Gasteiger partial charge in [0.1, 0.15) is 30.5 Å². The molecule has 0 saturated carbocycles. The first-order valence-electron chi connectivity index (χ1n) is 10.9. The largest absolute Gasteiger partial charge is 0.491 e. The Morgan fingerprint density at radius 3 is 2.36 bits per heavy atom. The molecule has 1 unspecified atom stereocenters. The monoisotopic (exact) mass is 525 g/mol. The van der Waals surface area contributed by atoms with Crippen LogP contribution in [0.25, 0.3) is 5.69 Å². The number of amides is 1. The molecular formula is C25H24ClN5O4S. The summed E-state index contributed by atoms with van der Waals surface area (Å²) in [7, 11) is -3.91. The maximum Gasteiger partial charge on any atom is 0.248 e. The van der Waals surface area contributed by atoms with Crippen LogP contribution in [0.4, 0.5) is 5.69 Å². The van der Waals surface area contributed by atoms with Crippen LogP contribution in [0.15, 0.2) is 91.5 Å². The molecule has 186 valence electrons. The number of aromatic nitrogens is 3. The average molecular weight is 526 g/mol. The number of sulfonamides is 1. The van der Waals surface area contributed by atoms with Gasteiger partial charge in [-0.15, -0.1) is 0 Å². The maximum absolute atomic E-state index is 13.3. The first-order valence-corrected chi connectivity index (χ1v) is 13.0. The molecule has 2 N–H and O–H groups in total. The third-order valence-electron chi connectivity index (χ3n) is 5.23. The van der Waals surface area contributed by atoms with E-state index in [0.717, 1.165) is 5.69 Å². The average Bonchev–Trinajstić information content (AvgIpc) is 3.40. The second-order valence-corrected chi connectivity index (χ2v) is 10.4. The van der Waals surface area contributed by atoms with Crippen LogP contribution in [0, 0.1) is 0 Å². The van der Waals surface area contributed by atoms with E-state index >= 15 is 0 Å².